The van der Waals surface area contributed by atoms with Crippen molar-refractivity contribution in [3.05, 3.63) is 40.7 Å². The van der Waals surface area contributed by atoms with Gasteiger partial charge >= 0.3 is 5.97 Å². The van der Waals surface area contributed by atoms with Crippen LogP contribution in [0, 0.1) is 18.7 Å². The van der Waals surface area contributed by atoms with Crippen LogP contribution in [-0.2, 0) is 9.53 Å². The molecule has 6 nitrogen and oxygen atoms in total. The van der Waals surface area contributed by atoms with Gasteiger partial charge in [0.15, 0.2) is 17.4 Å². The Balaban J connectivity index is 1.79. The third-order valence-electron chi connectivity index (χ3n) is 3.50. The van der Waals surface area contributed by atoms with Crippen molar-refractivity contribution >= 4 is 34.0 Å². The number of hydrogen-bond donors (Lipinski definition) is 2. The topological polar surface area (TPSA) is 80.3 Å². The maximum atomic E-state index is 13.5. The molecule has 2 N–H and O–H groups in total. The van der Waals surface area contributed by atoms with Gasteiger partial charge in [-0.05, 0) is 37.0 Å². The first-order valence-corrected chi connectivity index (χ1v) is 9.15. The minimum atomic E-state index is -0.677. The molecule has 0 bridgehead atoms. The summed E-state index contributed by atoms with van der Waals surface area (Å²) in [5.74, 6) is -1.07. The minimum Gasteiger partial charge on any atom is -0.451 e. The van der Waals surface area contributed by atoms with Gasteiger partial charge in [0.25, 0.3) is 5.91 Å². The summed E-state index contributed by atoms with van der Waals surface area (Å²) in [6, 6.07) is 4.35. The number of aryl methyl sites for hydroxylation is 1. The molecule has 0 unspecified atom stereocenters. The zero-order valence-electron chi connectivity index (χ0n) is 15.0. The van der Waals surface area contributed by atoms with Crippen molar-refractivity contribution in [1.29, 1.82) is 0 Å². The molecule has 0 aliphatic heterocycles. The van der Waals surface area contributed by atoms with Crippen molar-refractivity contribution in [3.8, 4) is 0 Å². The lowest BCUT2D eigenvalue weighted by atomic mass is 10.1. The summed E-state index contributed by atoms with van der Waals surface area (Å²) in [7, 11) is 0. The van der Waals surface area contributed by atoms with Crippen LogP contribution in [0.2, 0.25) is 0 Å². The molecule has 0 aliphatic carbocycles. The Morgan fingerprint density at radius 1 is 1.35 bits per heavy atom. The molecule has 2 rings (SSSR count). The summed E-state index contributed by atoms with van der Waals surface area (Å²) in [6.07, 6.45) is 0.999. The van der Waals surface area contributed by atoms with E-state index in [0.717, 1.165) is 13.0 Å². The van der Waals surface area contributed by atoms with Gasteiger partial charge in [-0.1, -0.05) is 19.9 Å². The van der Waals surface area contributed by atoms with Gasteiger partial charge < -0.3 is 15.4 Å². The fourth-order valence-electron chi connectivity index (χ4n) is 1.99. The Bertz CT molecular complexity index is 777. The average molecular weight is 379 g/mol. The van der Waals surface area contributed by atoms with E-state index in [9.17, 15) is 14.0 Å². The van der Waals surface area contributed by atoms with Crippen LogP contribution >= 0.6 is 11.3 Å². The van der Waals surface area contributed by atoms with Crippen LogP contribution in [0.5, 0.6) is 0 Å². The smallest absolute Gasteiger partial charge is 0.358 e. The number of hydrogen-bond acceptors (Lipinski definition) is 6. The standard InChI is InChI=1S/C18H22FN3O3S/c1-11(2)6-7-20-18-22-15(10-26-18)17(24)25-9-16(23)21-13-5-4-12(3)14(19)8-13/h4-5,8,10-11H,6-7,9H2,1-3H3,(H,20,22)(H,21,23). The van der Waals surface area contributed by atoms with Crippen molar-refractivity contribution in [2.75, 3.05) is 23.8 Å². The van der Waals surface area contributed by atoms with Crippen molar-refractivity contribution in [3.63, 3.8) is 0 Å². The highest BCUT2D eigenvalue weighted by molar-refractivity contribution is 7.13. The molecule has 0 fully saturated rings. The highest BCUT2D eigenvalue weighted by Crippen LogP contribution is 2.17. The molecule has 0 saturated carbocycles. The lowest BCUT2D eigenvalue weighted by molar-refractivity contribution is -0.119. The van der Waals surface area contributed by atoms with E-state index in [1.165, 1.54) is 17.4 Å². The third-order valence-corrected chi connectivity index (χ3v) is 4.30. The van der Waals surface area contributed by atoms with Gasteiger partial charge in [-0.15, -0.1) is 11.3 Å². The maximum absolute atomic E-state index is 13.5. The molecule has 1 heterocycles. The Labute approximate surface area is 155 Å². The molecule has 0 atom stereocenters. The van der Waals surface area contributed by atoms with Crippen LogP contribution < -0.4 is 10.6 Å². The third kappa shape index (κ3) is 6.11. The summed E-state index contributed by atoms with van der Waals surface area (Å²) in [6.45, 7) is 6.18. The number of anilines is 2. The molecular formula is C18H22FN3O3S. The number of rotatable bonds is 8. The maximum Gasteiger partial charge on any atom is 0.358 e. The Kier molecular flexibility index (Phi) is 7.08. The molecule has 1 amide bonds. The van der Waals surface area contributed by atoms with E-state index in [1.54, 1.807) is 24.4 Å². The van der Waals surface area contributed by atoms with Crippen LogP contribution in [0.4, 0.5) is 15.2 Å². The first kappa shape index (κ1) is 19.8. The van der Waals surface area contributed by atoms with E-state index in [0.29, 0.717) is 22.3 Å². The van der Waals surface area contributed by atoms with Gasteiger partial charge in [0.05, 0.1) is 0 Å². The summed E-state index contributed by atoms with van der Waals surface area (Å²) in [5.41, 5.74) is 0.937. The number of nitrogens with zero attached hydrogens (tertiary/aromatic N) is 1. The number of carbonyl (C=O) groups is 2. The number of benzene rings is 1. The quantitative estimate of drug-likeness (QED) is 0.681. The molecule has 26 heavy (non-hydrogen) atoms. The fourth-order valence-corrected chi connectivity index (χ4v) is 2.70. The van der Waals surface area contributed by atoms with Crippen molar-refractivity contribution in [2.24, 2.45) is 5.92 Å². The summed E-state index contributed by atoms with van der Waals surface area (Å²) < 4.78 is 18.4. The van der Waals surface area contributed by atoms with Crippen molar-refractivity contribution < 1.29 is 18.7 Å². The SMILES string of the molecule is Cc1ccc(NC(=O)COC(=O)c2csc(NCCC(C)C)n2)cc1F. The van der Waals surface area contributed by atoms with E-state index >= 15 is 0 Å². The largest absolute Gasteiger partial charge is 0.451 e. The number of esters is 1. The van der Waals surface area contributed by atoms with E-state index in [-0.39, 0.29) is 5.69 Å². The minimum absolute atomic E-state index is 0.149. The second-order valence-corrected chi connectivity index (χ2v) is 7.09. The normalized spacial score (nSPS) is 10.7. The summed E-state index contributed by atoms with van der Waals surface area (Å²) in [5, 5.41) is 7.83. The van der Waals surface area contributed by atoms with Crippen LogP contribution in [-0.4, -0.2) is 30.0 Å². The highest BCUT2D eigenvalue weighted by Gasteiger charge is 2.14. The lowest BCUT2D eigenvalue weighted by Crippen LogP contribution is -2.21. The monoisotopic (exact) mass is 379 g/mol. The molecule has 0 saturated heterocycles. The zero-order chi connectivity index (χ0) is 19.1. The van der Waals surface area contributed by atoms with Crippen LogP contribution in [0.3, 0.4) is 0 Å². The number of nitrogens with one attached hydrogen (secondary N) is 2. The van der Waals surface area contributed by atoms with Gasteiger partial charge in [0.2, 0.25) is 0 Å². The molecule has 0 spiro atoms. The molecule has 2 aromatic rings. The van der Waals surface area contributed by atoms with Crippen molar-refractivity contribution in [1.82, 2.24) is 4.98 Å². The van der Waals surface area contributed by atoms with Gasteiger partial charge in [0, 0.05) is 17.6 Å². The predicted octanol–water partition coefficient (Wildman–Crippen LogP) is 3.84. The summed E-state index contributed by atoms with van der Waals surface area (Å²) in [4.78, 5) is 27.9. The van der Waals surface area contributed by atoms with Crippen LogP contribution in [0.1, 0.15) is 36.3 Å². The zero-order valence-corrected chi connectivity index (χ0v) is 15.8. The highest BCUT2D eigenvalue weighted by atomic mass is 32.1. The molecule has 1 aromatic heterocycles. The van der Waals surface area contributed by atoms with Gasteiger partial charge in [-0.25, -0.2) is 14.2 Å². The number of ether oxygens (including phenoxy) is 1. The number of aromatic nitrogens is 1. The first-order chi connectivity index (χ1) is 12.3. The number of amides is 1. The molecule has 0 radical (unpaired) electrons. The second kappa shape index (κ2) is 9.28. The van der Waals surface area contributed by atoms with E-state index < -0.39 is 24.3 Å². The molecule has 8 heteroatoms. The van der Waals surface area contributed by atoms with E-state index in [4.69, 9.17) is 4.74 Å². The fraction of sp³-hybridized carbons (Fsp3) is 0.389. The second-order valence-electron chi connectivity index (χ2n) is 6.24. The Morgan fingerprint density at radius 3 is 2.81 bits per heavy atom. The average Bonchev–Trinajstić information content (AvgIpc) is 3.05. The summed E-state index contributed by atoms with van der Waals surface area (Å²) >= 11 is 1.30. The number of halogens is 1. The Morgan fingerprint density at radius 2 is 2.12 bits per heavy atom. The molecule has 140 valence electrons. The van der Waals surface area contributed by atoms with Gasteiger partial charge in [0.1, 0.15) is 5.82 Å². The molecule has 0 aliphatic rings. The Hall–Kier alpha value is -2.48. The van der Waals surface area contributed by atoms with Crippen molar-refractivity contribution in [2.45, 2.75) is 27.2 Å². The van der Waals surface area contributed by atoms with E-state index in [2.05, 4.69) is 29.5 Å². The van der Waals surface area contributed by atoms with Crippen LogP contribution in [0.25, 0.3) is 0 Å². The van der Waals surface area contributed by atoms with Gasteiger partial charge in [-0.2, -0.15) is 0 Å². The molecule has 1 aromatic carbocycles. The molecular weight excluding hydrogens is 357 g/mol. The van der Waals surface area contributed by atoms with Crippen LogP contribution in [0.15, 0.2) is 23.6 Å². The lowest BCUT2D eigenvalue weighted by Gasteiger charge is -2.07. The number of thiazole rings is 1. The predicted molar refractivity (Wildman–Crippen MR) is 100 cm³/mol. The van der Waals surface area contributed by atoms with E-state index in [1.807, 2.05) is 0 Å². The first-order valence-electron chi connectivity index (χ1n) is 8.27. The number of carbonyl (C=O) groups excluding carboxylic acids is 2. The van der Waals surface area contributed by atoms with Gasteiger partial charge in [-0.3, -0.25) is 4.79 Å².